The molecular weight excluding hydrogens is 454 g/mol. The highest BCUT2D eigenvalue weighted by Gasteiger charge is 2.56. The number of hydrogen-bond donors (Lipinski definition) is 4. The number of nitro groups is 1. The van der Waals surface area contributed by atoms with Gasteiger partial charge in [-0.25, -0.2) is 9.59 Å². The van der Waals surface area contributed by atoms with Crippen LogP contribution in [0.25, 0.3) is 4.91 Å². The van der Waals surface area contributed by atoms with E-state index in [1.54, 1.807) is 30.3 Å². The van der Waals surface area contributed by atoms with Crippen molar-refractivity contribution in [3.63, 3.8) is 0 Å². The predicted molar refractivity (Wildman–Crippen MR) is 130 cm³/mol. The van der Waals surface area contributed by atoms with Crippen LogP contribution in [0.2, 0.25) is 0 Å². The lowest BCUT2D eigenvalue weighted by molar-refractivity contribution is -0.380. The van der Waals surface area contributed by atoms with Gasteiger partial charge in [-0.2, -0.15) is 9.35 Å². The Kier molecular flexibility index (Phi) is 5.98. The molecule has 0 unspecified atom stereocenters. The zero-order valence-electron chi connectivity index (χ0n) is 17.4. The maximum Gasteiger partial charge on any atom is 0.339 e. The SMILES string of the molecule is C=N[SH]1(CC)(CC)C(Nc2ccccc2)=C(C(=O)O)C(C(=O)O)=C1c1ccc([N+](=O)[O-])s1. The molecule has 0 fully saturated rings. The second-order valence-corrected chi connectivity index (χ2v) is 13.6. The lowest BCUT2D eigenvalue weighted by atomic mass is 10.1. The van der Waals surface area contributed by atoms with E-state index in [0.717, 1.165) is 11.3 Å². The summed E-state index contributed by atoms with van der Waals surface area (Å²) in [6, 6.07) is 11.6. The minimum Gasteiger partial charge on any atom is -0.478 e. The predicted octanol–water partition coefficient (Wildman–Crippen LogP) is 4.60. The van der Waals surface area contributed by atoms with E-state index in [2.05, 4.69) is 16.4 Å². The largest absolute Gasteiger partial charge is 0.478 e. The van der Waals surface area contributed by atoms with Gasteiger partial charge in [0.25, 0.3) is 0 Å². The molecule has 3 N–H and O–H groups in total. The van der Waals surface area contributed by atoms with E-state index in [1.165, 1.54) is 12.1 Å². The maximum atomic E-state index is 12.5. The fourth-order valence-electron chi connectivity index (χ4n) is 4.28. The van der Waals surface area contributed by atoms with Crippen LogP contribution >= 0.6 is 20.7 Å². The summed E-state index contributed by atoms with van der Waals surface area (Å²) in [5.41, 5.74) is -0.216. The highest BCUT2D eigenvalue weighted by Crippen LogP contribution is 2.87. The fourth-order valence-corrected chi connectivity index (χ4v) is 10.9. The van der Waals surface area contributed by atoms with Crippen LogP contribution in [0.15, 0.2) is 63.0 Å². The van der Waals surface area contributed by atoms with Gasteiger partial charge in [0.1, 0.15) is 5.57 Å². The number of para-hydroxylation sites is 1. The zero-order valence-corrected chi connectivity index (χ0v) is 19.2. The van der Waals surface area contributed by atoms with Crippen molar-refractivity contribution < 1.29 is 24.7 Å². The van der Waals surface area contributed by atoms with Gasteiger partial charge in [0.15, 0.2) is 0 Å². The molecule has 1 aliphatic heterocycles. The number of rotatable bonds is 9. The molecule has 32 heavy (non-hydrogen) atoms. The molecule has 1 aromatic carbocycles. The molecule has 11 heteroatoms. The monoisotopic (exact) mass is 477 g/mol. The van der Waals surface area contributed by atoms with Crippen LogP contribution in [0.4, 0.5) is 10.7 Å². The molecular formula is C21H23N3O6S2. The molecule has 1 aliphatic rings. The Labute approximate surface area is 188 Å². The maximum absolute atomic E-state index is 12.5. The van der Waals surface area contributed by atoms with Crippen LogP contribution in [0.5, 0.6) is 0 Å². The third kappa shape index (κ3) is 3.21. The van der Waals surface area contributed by atoms with Crippen LogP contribution in [0, 0.1) is 10.1 Å². The Morgan fingerprint density at radius 1 is 1.09 bits per heavy atom. The van der Waals surface area contributed by atoms with Crippen molar-refractivity contribution in [2.45, 2.75) is 13.8 Å². The van der Waals surface area contributed by atoms with Crippen molar-refractivity contribution >= 4 is 54.9 Å². The number of aliphatic carboxylic acids is 2. The van der Waals surface area contributed by atoms with Gasteiger partial charge in [0, 0.05) is 21.5 Å². The van der Waals surface area contributed by atoms with E-state index in [0.29, 0.717) is 22.1 Å². The summed E-state index contributed by atoms with van der Waals surface area (Å²) < 4.78 is 4.55. The lowest BCUT2D eigenvalue weighted by Crippen LogP contribution is -2.27. The number of benzene rings is 1. The summed E-state index contributed by atoms with van der Waals surface area (Å²) in [5, 5.41) is 34.8. The molecule has 2 heterocycles. The van der Waals surface area contributed by atoms with Gasteiger partial charge in [-0.3, -0.25) is 14.5 Å². The highest BCUT2D eigenvalue weighted by molar-refractivity contribution is 8.58. The summed E-state index contributed by atoms with van der Waals surface area (Å²) in [6.45, 7) is 7.44. The summed E-state index contributed by atoms with van der Waals surface area (Å²) in [6.07, 6.45) is 0. The number of nitrogens with zero attached hydrogens (tertiary/aromatic N) is 2. The minimum absolute atomic E-state index is 0.175. The van der Waals surface area contributed by atoms with E-state index in [1.807, 2.05) is 13.8 Å². The standard InChI is InChI=1S/C21H23N3O6S2/c1-4-32(5-2,22-3)18(14-11-12-15(31-14)24(29)30)16(20(25)26)17(21(27)28)19(32)23-13-9-7-6-8-10-13/h6-12,23,32H,3-5H2,1-2H3,(H,25,26)(H,27,28). The lowest BCUT2D eigenvalue weighted by Gasteiger charge is -2.58. The van der Waals surface area contributed by atoms with Gasteiger partial charge >= 0.3 is 16.9 Å². The number of anilines is 1. The van der Waals surface area contributed by atoms with E-state index < -0.39 is 31.8 Å². The van der Waals surface area contributed by atoms with Gasteiger partial charge < -0.3 is 15.5 Å². The van der Waals surface area contributed by atoms with Crippen molar-refractivity contribution in [1.29, 1.82) is 0 Å². The van der Waals surface area contributed by atoms with Crippen molar-refractivity contribution in [2.24, 2.45) is 4.40 Å². The Hall–Kier alpha value is -3.44. The quantitative estimate of drug-likeness (QED) is 0.179. The van der Waals surface area contributed by atoms with Crippen molar-refractivity contribution in [3.05, 3.63) is 73.6 Å². The average Bonchev–Trinajstić information content (AvgIpc) is 3.35. The molecule has 0 aliphatic carbocycles. The minimum atomic E-state index is -3.88. The van der Waals surface area contributed by atoms with Gasteiger partial charge in [-0.05, 0) is 36.4 Å². The number of carboxylic acids is 2. The van der Waals surface area contributed by atoms with E-state index in [9.17, 15) is 29.9 Å². The molecule has 0 atom stereocenters. The number of carboxylic acid groups (broad SMARTS) is 2. The molecule has 0 bridgehead atoms. The number of thiol groups is 1. The molecule has 3 rings (SSSR count). The van der Waals surface area contributed by atoms with Crippen LogP contribution in [0.3, 0.4) is 0 Å². The first-order valence-electron chi connectivity index (χ1n) is 9.68. The molecule has 0 amide bonds. The van der Waals surface area contributed by atoms with Gasteiger partial charge in [0.2, 0.25) is 0 Å². The Morgan fingerprint density at radius 3 is 2.12 bits per heavy atom. The van der Waals surface area contributed by atoms with E-state index >= 15 is 0 Å². The highest BCUT2D eigenvalue weighted by atomic mass is 32.3. The Morgan fingerprint density at radius 2 is 1.69 bits per heavy atom. The summed E-state index contributed by atoms with van der Waals surface area (Å²) in [7, 11) is -3.88. The van der Waals surface area contributed by atoms with Gasteiger partial charge in [0.05, 0.1) is 15.5 Å². The average molecular weight is 478 g/mol. The normalized spacial score (nSPS) is 18.0. The van der Waals surface area contributed by atoms with Crippen LogP contribution in [-0.2, 0) is 9.59 Å². The van der Waals surface area contributed by atoms with Crippen LogP contribution in [-0.4, -0.2) is 45.3 Å². The molecule has 2 aromatic rings. The van der Waals surface area contributed by atoms with Crippen LogP contribution < -0.4 is 5.32 Å². The molecule has 0 spiro atoms. The van der Waals surface area contributed by atoms with Crippen molar-refractivity contribution in [1.82, 2.24) is 0 Å². The first-order valence-corrected chi connectivity index (χ1v) is 13.1. The molecule has 1 aromatic heterocycles. The first-order chi connectivity index (χ1) is 15.1. The third-order valence-electron chi connectivity index (χ3n) is 5.95. The molecule has 170 valence electrons. The van der Waals surface area contributed by atoms with Gasteiger partial charge in [-0.15, -0.1) is 0 Å². The zero-order chi connectivity index (χ0) is 23.7. The molecule has 0 saturated carbocycles. The molecule has 9 nitrogen and oxygen atoms in total. The fraction of sp³-hybridized carbons (Fsp3) is 0.190. The Balaban J connectivity index is 2.48. The summed E-state index contributed by atoms with van der Waals surface area (Å²) in [4.78, 5) is 36.2. The second kappa shape index (κ2) is 8.24. The summed E-state index contributed by atoms with van der Waals surface area (Å²) >= 11 is 0.806. The summed E-state index contributed by atoms with van der Waals surface area (Å²) in [5.74, 6) is -2.25. The second-order valence-electron chi connectivity index (χ2n) is 7.17. The number of carbonyl (C=O) groups is 2. The Bertz CT molecular complexity index is 1200. The molecule has 0 saturated heterocycles. The number of hydrogen-bond acceptors (Lipinski definition) is 7. The van der Waals surface area contributed by atoms with Crippen molar-refractivity contribution in [3.8, 4) is 0 Å². The van der Waals surface area contributed by atoms with Gasteiger partial charge in [-0.1, -0.05) is 43.4 Å². The number of thiophene rings is 1. The van der Waals surface area contributed by atoms with Crippen molar-refractivity contribution in [2.75, 3.05) is 16.8 Å². The number of nitrogens with one attached hydrogen (secondary N) is 1. The van der Waals surface area contributed by atoms with E-state index in [4.69, 9.17) is 0 Å². The van der Waals surface area contributed by atoms with Crippen LogP contribution in [0.1, 0.15) is 18.7 Å². The third-order valence-corrected chi connectivity index (χ3v) is 13.5. The van der Waals surface area contributed by atoms with E-state index in [-0.39, 0.29) is 20.5 Å². The first kappa shape index (κ1) is 23.2. The molecule has 0 radical (unpaired) electrons. The smallest absolute Gasteiger partial charge is 0.339 e. The topological polar surface area (TPSA) is 142 Å².